The number of para-hydroxylation sites is 1. The zero-order valence-corrected chi connectivity index (χ0v) is 23.3. The van der Waals surface area contributed by atoms with Crippen LogP contribution in [0.25, 0.3) is 0 Å². The molecule has 0 saturated carbocycles. The summed E-state index contributed by atoms with van der Waals surface area (Å²) in [4.78, 5) is 25.8. The van der Waals surface area contributed by atoms with Crippen LogP contribution < -0.4 is 10.1 Å². The second-order valence-corrected chi connectivity index (χ2v) is 10.1. The predicted octanol–water partition coefficient (Wildman–Crippen LogP) is 6.19. The van der Waals surface area contributed by atoms with E-state index in [1.807, 2.05) is 62.4 Å². The SMILES string of the molecule is C#CC1=C(COC(=O)C2=C(C)NC3=C(C2)C(=O)C[C@H](c2ccccc2OC)C3)C=CCC1.Cc1cccc(O)c1. The van der Waals surface area contributed by atoms with Crippen LogP contribution in [0.15, 0.2) is 94.4 Å². The fraction of sp³-hybridized carbons (Fsp3) is 0.294. The number of terminal acetylenes is 1. The van der Waals surface area contributed by atoms with Crippen LogP contribution in [0.2, 0.25) is 0 Å². The van der Waals surface area contributed by atoms with Gasteiger partial charge in [-0.2, -0.15) is 0 Å². The summed E-state index contributed by atoms with van der Waals surface area (Å²) in [5.41, 5.74) is 6.65. The molecule has 1 heterocycles. The summed E-state index contributed by atoms with van der Waals surface area (Å²) in [7, 11) is 1.64. The molecule has 3 aliphatic rings. The summed E-state index contributed by atoms with van der Waals surface area (Å²) in [5, 5.41) is 12.1. The standard InChI is InChI=1S/C27H27NO4.C7H8O/c1-4-18-9-5-6-10-19(18)16-32-27(30)22-15-23-24(28-17(22)2)13-20(14-25(23)29)21-11-7-8-12-26(21)31-3;1-6-3-2-4-7(8)5-6/h1,6-8,10-12,20,28H,5,9,13-16H2,2-3H3;2-5,8H,1H3/t20-;/m1./s1. The highest BCUT2D eigenvalue weighted by atomic mass is 16.5. The van der Waals surface area contributed by atoms with Gasteiger partial charge in [-0.15, -0.1) is 6.42 Å². The lowest BCUT2D eigenvalue weighted by Crippen LogP contribution is -2.31. The normalized spacial score (nSPS) is 18.2. The summed E-state index contributed by atoms with van der Waals surface area (Å²) in [6.07, 6.45) is 12.6. The first kappa shape index (κ1) is 28.5. The molecule has 0 bridgehead atoms. The molecule has 0 aromatic heterocycles. The minimum absolute atomic E-state index is 0.0402. The third-order valence-corrected chi connectivity index (χ3v) is 7.36. The number of phenolic OH excluding ortho intramolecular Hbond substituents is 1. The number of hydrogen-bond acceptors (Lipinski definition) is 6. The monoisotopic (exact) mass is 537 g/mol. The molecular formula is C34H35NO5. The van der Waals surface area contributed by atoms with Crippen molar-refractivity contribution in [2.45, 2.75) is 51.9 Å². The summed E-state index contributed by atoms with van der Waals surface area (Å²) >= 11 is 0. The first-order valence-electron chi connectivity index (χ1n) is 13.4. The van der Waals surface area contributed by atoms with Gasteiger partial charge in [0, 0.05) is 46.9 Å². The van der Waals surface area contributed by atoms with Crippen molar-refractivity contribution >= 4 is 11.8 Å². The van der Waals surface area contributed by atoms with E-state index in [9.17, 15) is 9.59 Å². The van der Waals surface area contributed by atoms with Gasteiger partial charge in [-0.1, -0.05) is 48.4 Å². The van der Waals surface area contributed by atoms with Crippen molar-refractivity contribution in [3.8, 4) is 23.8 Å². The number of phenols is 1. The van der Waals surface area contributed by atoms with Gasteiger partial charge in [-0.25, -0.2) is 4.79 Å². The average molecular weight is 538 g/mol. The Labute approximate surface area is 236 Å². The maximum atomic E-state index is 13.0. The lowest BCUT2D eigenvalue weighted by Gasteiger charge is -2.32. The molecule has 0 unspecified atom stereocenters. The number of esters is 1. The van der Waals surface area contributed by atoms with Gasteiger partial charge in [0.05, 0.1) is 12.7 Å². The smallest absolute Gasteiger partial charge is 0.336 e. The molecule has 0 spiro atoms. The third kappa shape index (κ3) is 6.73. The second-order valence-electron chi connectivity index (χ2n) is 10.1. The number of allylic oxidation sites excluding steroid dienone is 5. The van der Waals surface area contributed by atoms with Crippen LogP contribution in [-0.2, 0) is 14.3 Å². The van der Waals surface area contributed by atoms with E-state index in [2.05, 4.69) is 11.2 Å². The Morgan fingerprint density at radius 3 is 2.65 bits per heavy atom. The fourth-order valence-electron chi connectivity index (χ4n) is 5.22. The summed E-state index contributed by atoms with van der Waals surface area (Å²) in [6.45, 7) is 3.94. The van der Waals surface area contributed by atoms with E-state index >= 15 is 0 Å². The molecule has 206 valence electrons. The number of dihydropyridines is 1. The second kappa shape index (κ2) is 13.0. The van der Waals surface area contributed by atoms with Gasteiger partial charge in [0.25, 0.3) is 0 Å². The Morgan fingerprint density at radius 2 is 1.95 bits per heavy atom. The van der Waals surface area contributed by atoms with Gasteiger partial charge in [0.2, 0.25) is 0 Å². The lowest BCUT2D eigenvalue weighted by atomic mass is 9.78. The molecule has 2 aromatic carbocycles. The van der Waals surface area contributed by atoms with Crippen molar-refractivity contribution in [3.05, 3.63) is 105 Å². The van der Waals surface area contributed by atoms with Crippen molar-refractivity contribution in [3.63, 3.8) is 0 Å². The van der Waals surface area contributed by atoms with Crippen molar-refractivity contribution in [1.82, 2.24) is 5.32 Å². The fourth-order valence-corrected chi connectivity index (χ4v) is 5.22. The highest BCUT2D eigenvalue weighted by molar-refractivity contribution is 6.01. The Kier molecular flexibility index (Phi) is 9.29. The minimum Gasteiger partial charge on any atom is -0.508 e. The van der Waals surface area contributed by atoms with E-state index in [1.54, 1.807) is 19.2 Å². The van der Waals surface area contributed by atoms with Crippen LogP contribution in [0.5, 0.6) is 11.5 Å². The number of ether oxygens (including phenoxy) is 2. The number of rotatable bonds is 5. The van der Waals surface area contributed by atoms with Crippen LogP contribution in [0.1, 0.15) is 56.1 Å². The van der Waals surface area contributed by atoms with E-state index < -0.39 is 5.97 Å². The quantitative estimate of drug-likeness (QED) is 0.350. The van der Waals surface area contributed by atoms with E-state index in [-0.39, 0.29) is 18.3 Å². The Balaban J connectivity index is 0.000000398. The average Bonchev–Trinajstić information content (AvgIpc) is 2.95. The molecule has 2 aliphatic carbocycles. The first-order valence-corrected chi connectivity index (χ1v) is 13.4. The zero-order chi connectivity index (χ0) is 28.6. The van der Waals surface area contributed by atoms with Crippen LogP contribution in [0, 0.1) is 19.3 Å². The minimum atomic E-state index is -0.413. The van der Waals surface area contributed by atoms with Crippen molar-refractivity contribution in [2.24, 2.45) is 0 Å². The lowest BCUT2D eigenvalue weighted by molar-refractivity contribution is -0.138. The van der Waals surface area contributed by atoms with Crippen molar-refractivity contribution in [1.29, 1.82) is 0 Å². The topological polar surface area (TPSA) is 84.9 Å². The largest absolute Gasteiger partial charge is 0.508 e. The van der Waals surface area contributed by atoms with Gasteiger partial charge in [-0.05, 0) is 62.4 Å². The number of hydrogen-bond donors (Lipinski definition) is 2. The Hall–Kier alpha value is -4.50. The number of ketones is 1. The molecular weight excluding hydrogens is 502 g/mol. The van der Waals surface area contributed by atoms with Gasteiger partial charge in [0.15, 0.2) is 5.78 Å². The molecule has 6 heteroatoms. The van der Waals surface area contributed by atoms with E-state index in [0.717, 1.165) is 52.3 Å². The first-order chi connectivity index (χ1) is 19.3. The van der Waals surface area contributed by atoms with Gasteiger partial charge in [-0.3, -0.25) is 4.79 Å². The van der Waals surface area contributed by atoms with E-state index in [0.29, 0.717) is 36.2 Å². The Bertz CT molecular complexity index is 1450. The molecule has 40 heavy (non-hydrogen) atoms. The summed E-state index contributed by atoms with van der Waals surface area (Å²) < 4.78 is 11.1. The summed E-state index contributed by atoms with van der Waals surface area (Å²) in [6, 6.07) is 15.0. The number of nitrogens with one attached hydrogen (secondary N) is 1. The molecule has 1 aliphatic heterocycles. The molecule has 6 nitrogen and oxygen atoms in total. The number of carbonyl (C=O) groups is 2. The Morgan fingerprint density at radius 1 is 1.15 bits per heavy atom. The van der Waals surface area contributed by atoms with Gasteiger partial charge < -0.3 is 19.9 Å². The van der Waals surface area contributed by atoms with Crippen molar-refractivity contribution < 1.29 is 24.2 Å². The molecule has 0 saturated heterocycles. The van der Waals surface area contributed by atoms with Gasteiger partial charge in [0.1, 0.15) is 18.1 Å². The van der Waals surface area contributed by atoms with Crippen molar-refractivity contribution in [2.75, 3.05) is 13.7 Å². The van der Waals surface area contributed by atoms with Gasteiger partial charge >= 0.3 is 5.97 Å². The number of aromatic hydroxyl groups is 1. The molecule has 2 aromatic rings. The maximum Gasteiger partial charge on any atom is 0.336 e. The van der Waals surface area contributed by atoms with E-state index in [4.69, 9.17) is 21.0 Å². The highest BCUT2D eigenvalue weighted by Gasteiger charge is 2.34. The number of benzene rings is 2. The molecule has 1 atom stereocenters. The molecule has 0 radical (unpaired) electrons. The van der Waals surface area contributed by atoms with Crippen LogP contribution in [-0.4, -0.2) is 30.6 Å². The third-order valence-electron chi connectivity index (χ3n) is 7.36. The molecule has 0 amide bonds. The number of Topliss-reactive ketones (excluding diaryl/α,β-unsaturated/α-hetero) is 1. The van der Waals surface area contributed by atoms with Crippen LogP contribution in [0.4, 0.5) is 0 Å². The molecule has 5 rings (SSSR count). The van der Waals surface area contributed by atoms with Crippen LogP contribution >= 0.6 is 0 Å². The highest BCUT2D eigenvalue weighted by Crippen LogP contribution is 2.41. The number of methoxy groups -OCH3 is 1. The molecule has 0 fully saturated rings. The molecule has 2 N–H and O–H groups in total. The zero-order valence-electron chi connectivity index (χ0n) is 23.3. The predicted molar refractivity (Wildman–Crippen MR) is 155 cm³/mol. The van der Waals surface area contributed by atoms with Crippen LogP contribution in [0.3, 0.4) is 0 Å². The maximum absolute atomic E-state index is 13.0. The van der Waals surface area contributed by atoms with E-state index in [1.165, 1.54) is 0 Å². The number of carbonyl (C=O) groups excluding carboxylic acids is 2. The number of aryl methyl sites for hydroxylation is 1. The summed E-state index contributed by atoms with van der Waals surface area (Å²) in [5.74, 6) is 3.50.